The van der Waals surface area contributed by atoms with Crippen molar-refractivity contribution in [3.63, 3.8) is 0 Å². The van der Waals surface area contributed by atoms with Gasteiger partial charge < -0.3 is 0 Å². The van der Waals surface area contributed by atoms with Crippen molar-refractivity contribution in [2.75, 3.05) is 16.7 Å². The van der Waals surface area contributed by atoms with Gasteiger partial charge in [0.2, 0.25) is 10.0 Å². The summed E-state index contributed by atoms with van der Waals surface area (Å²) in [6.07, 6.45) is 3.55. The maximum absolute atomic E-state index is 11.8. The molecule has 0 bridgehead atoms. The van der Waals surface area contributed by atoms with Gasteiger partial charge in [-0.1, -0.05) is 24.3 Å². The highest BCUT2D eigenvalue weighted by Crippen LogP contribution is 2.18. The maximum atomic E-state index is 11.8. The molecule has 1 rings (SSSR count). The fraction of sp³-hybridized carbons (Fsp3) is 0.333. The number of hydrogen-bond donors (Lipinski definition) is 1. The van der Waals surface area contributed by atoms with Gasteiger partial charge in [-0.05, 0) is 18.1 Å². The Morgan fingerprint density at radius 1 is 1.39 bits per heavy atom. The number of rotatable bonds is 7. The Balaban J connectivity index is 2.90. The Morgan fingerprint density at radius 2 is 2.06 bits per heavy atom. The molecule has 100 valence electrons. The predicted molar refractivity (Wildman–Crippen MR) is 76.4 cm³/mol. The third-order valence-corrected chi connectivity index (χ3v) is 4.25. The van der Waals surface area contributed by atoms with Crippen LogP contribution in [0.3, 0.4) is 0 Å². The molecular weight excluding hydrogens is 270 g/mol. The number of nitrogens with one attached hydrogen (secondary N) is 1. The van der Waals surface area contributed by atoms with E-state index in [1.54, 1.807) is 36.6 Å². The van der Waals surface area contributed by atoms with E-state index in [1.807, 2.05) is 0 Å². The van der Waals surface area contributed by atoms with Crippen LogP contribution in [0.25, 0.3) is 0 Å². The molecule has 0 aliphatic carbocycles. The summed E-state index contributed by atoms with van der Waals surface area (Å²) >= 11 is 0. The van der Waals surface area contributed by atoms with Crippen LogP contribution >= 0.6 is 0 Å². The molecule has 0 saturated heterocycles. The molecule has 0 aliphatic rings. The third-order valence-electron chi connectivity index (χ3n) is 2.23. The van der Waals surface area contributed by atoms with Gasteiger partial charge in [0.1, 0.15) is 0 Å². The van der Waals surface area contributed by atoms with E-state index >= 15 is 0 Å². The number of sulfonamides is 1. The number of allylic oxidation sites excluding steroid dienone is 1. The third kappa shape index (κ3) is 5.01. The second-order valence-electron chi connectivity index (χ2n) is 3.87. The first-order valence-corrected chi connectivity index (χ1v) is 8.82. The summed E-state index contributed by atoms with van der Waals surface area (Å²) in [6.45, 7) is 3.50. The molecule has 1 aromatic carbocycles. The molecule has 0 radical (unpaired) electrons. The molecule has 0 saturated carbocycles. The lowest BCUT2D eigenvalue weighted by Gasteiger charge is -2.11. The standard InChI is InChI=1S/C12H17NO3S2/c1-3-4-9-18(15,16)13-12-8-6-5-7-11(12)10-17(2)14/h3,5-8,13H,1,4,9-10H2,2H3. The summed E-state index contributed by atoms with van der Waals surface area (Å²) in [5.74, 6) is 0.334. The van der Waals surface area contributed by atoms with Crippen LogP contribution in [0, 0.1) is 0 Å². The van der Waals surface area contributed by atoms with Gasteiger partial charge in [0, 0.05) is 17.1 Å². The van der Waals surface area contributed by atoms with Crippen molar-refractivity contribution in [2.45, 2.75) is 12.2 Å². The first kappa shape index (κ1) is 14.9. The van der Waals surface area contributed by atoms with E-state index in [2.05, 4.69) is 11.3 Å². The van der Waals surface area contributed by atoms with Crippen molar-refractivity contribution >= 4 is 26.5 Å². The van der Waals surface area contributed by atoms with Crippen LogP contribution < -0.4 is 4.72 Å². The summed E-state index contributed by atoms with van der Waals surface area (Å²) in [6, 6.07) is 6.98. The fourth-order valence-electron chi connectivity index (χ4n) is 1.42. The molecule has 1 aromatic rings. The average Bonchev–Trinajstić information content (AvgIpc) is 2.28. The van der Waals surface area contributed by atoms with E-state index in [-0.39, 0.29) is 5.75 Å². The Kier molecular flexibility index (Phi) is 5.55. The smallest absolute Gasteiger partial charge is 0.233 e. The summed E-state index contributed by atoms with van der Waals surface area (Å²) in [4.78, 5) is 0. The lowest BCUT2D eigenvalue weighted by atomic mass is 10.2. The van der Waals surface area contributed by atoms with Gasteiger partial charge in [-0.25, -0.2) is 8.42 Å². The fourth-order valence-corrected chi connectivity index (χ4v) is 3.22. The first-order chi connectivity index (χ1) is 8.44. The average molecular weight is 287 g/mol. The van der Waals surface area contributed by atoms with E-state index in [9.17, 15) is 12.6 Å². The lowest BCUT2D eigenvalue weighted by molar-refractivity contribution is 0.601. The lowest BCUT2D eigenvalue weighted by Crippen LogP contribution is -2.17. The van der Waals surface area contributed by atoms with E-state index < -0.39 is 20.8 Å². The van der Waals surface area contributed by atoms with E-state index in [1.165, 1.54) is 0 Å². The van der Waals surface area contributed by atoms with Crippen LogP contribution in [-0.4, -0.2) is 24.6 Å². The molecule has 1 atom stereocenters. The Bertz CT molecular complexity index is 538. The number of benzene rings is 1. The van der Waals surface area contributed by atoms with Crippen molar-refractivity contribution in [3.05, 3.63) is 42.5 Å². The Labute approximate surface area is 111 Å². The highest BCUT2D eigenvalue weighted by molar-refractivity contribution is 7.92. The summed E-state index contributed by atoms with van der Waals surface area (Å²) in [5.41, 5.74) is 1.23. The van der Waals surface area contributed by atoms with Gasteiger partial charge in [0.15, 0.2) is 0 Å². The molecule has 6 heteroatoms. The molecule has 0 heterocycles. The topological polar surface area (TPSA) is 63.2 Å². The van der Waals surface area contributed by atoms with Crippen molar-refractivity contribution in [1.29, 1.82) is 0 Å². The predicted octanol–water partition coefficient (Wildman–Crippen LogP) is 1.88. The minimum atomic E-state index is -3.38. The summed E-state index contributed by atoms with van der Waals surface area (Å²) in [5, 5.41) is 0. The summed E-state index contributed by atoms with van der Waals surface area (Å²) < 4.78 is 37.3. The zero-order valence-electron chi connectivity index (χ0n) is 10.3. The monoisotopic (exact) mass is 287 g/mol. The number of para-hydroxylation sites is 1. The minimum absolute atomic E-state index is 0.0000482. The van der Waals surface area contributed by atoms with Gasteiger partial charge in [-0.2, -0.15) is 0 Å². The molecule has 0 spiro atoms. The molecule has 0 aromatic heterocycles. The van der Waals surface area contributed by atoms with Gasteiger partial charge >= 0.3 is 0 Å². The molecule has 0 amide bonds. The van der Waals surface area contributed by atoms with E-state index in [0.29, 0.717) is 17.9 Å². The van der Waals surface area contributed by atoms with Crippen molar-refractivity contribution < 1.29 is 12.6 Å². The minimum Gasteiger partial charge on any atom is -0.283 e. The van der Waals surface area contributed by atoms with Gasteiger partial charge in [-0.3, -0.25) is 8.93 Å². The maximum Gasteiger partial charge on any atom is 0.233 e. The van der Waals surface area contributed by atoms with Crippen LogP contribution in [0.4, 0.5) is 5.69 Å². The van der Waals surface area contributed by atoms with Crippen molar-refractivity contribution in [3.8, 4) is 0 Å². The molecule has 18 heavy (non-hydrogen) atoms. The van der Waals surface area contributed by atoms with Crippen LogP contribution in [0.1, 0.15) is 12.0 Å². The molecule has 1 N–H and O–H groups in total. The first-order valence-electron chi connectivity index (χ1n) is 5.44. The second kappa shape index (κ2) is 6.70. The van der Waals surface area contributed by atoms with Gasteiger partial charge in [-0.15, -0.1) is 6.58 Å². The normalized spacial score (nSPS) is 12.9. The van der Waals surface area contributed by atoms with Gasteiger partial charge in [0.25, 0.3) is 0 Å². The van der Waals surface area contributed by atoms with Crippen LogP contribution in [-0.2, 0) is 26.6 Å². The van der Waals surface area contributed by atoms with Crippen molar-refractivity contribution in [1.82, 2.24) is 0 Å². The highest BCUT2D eigenvalue weighted by atomic mass is 32.2. The van der Waals surface area contributed by atoms with Crippen molar-refractivity contribution in [2.24, 2.45) is 0 Å². The molecular formula is C12H17NO3S2. The number of hydrogen-bond acceptors (Lipinski definition) is 3. The summed E-state index contributed by atoms with van der Waals surface area (Å²) in [7, 11) is -4.39. The van der Waals surface area contributed by atoms with Crippen LogP contribution in [0.15, 0.2) is 36.9 Å². The highest BCUT2D eigenvalue weighted by Gasteiger charge is 2.12. The Morgan fingerprint density at radius 3 is 2.67 bits per heavy atom. The van der Waals surface area contributed by atoms with E-state index in [0.717, 1.165) is 5.56 Å². The largest absolute Gasteiger partial charge is 0.283 e. The zero-order chi connectivity index (χ0) is 13.6. The molecule has 4 nitrogen and oxygen atoms in total. The molecule has 0 aliphatic heterocycles. The zero-order valence-corrected chi connectivity index (χ0v) is 11.9. The SMILES string of the molecule is C=CCCS(=O)(=O)Nc1ccccc1CS(C)=O. The molecule has 0 fully saturated rings. The van der Waals surface area contributed by atoms with E-state index in [4.69, 9.17) is 0 Å². The second-order valence-corrected chi connectivity index (χ2v) is 7.15. The number of anilines is 1. The molecule has 1 unspecified atom stereocenters. The Hall–Kier alpha value is -1.14. The van der Waals surface area contributed by atoms with Gasteiger partial charge in [0.05, 0.1) is 17.2 Å². The van der Waals surface area contributed by atoms with Crippen LogP contribution in [0.5, 0.6) is 0 Å². The van der Waals surface area contributed by atoms with Crippen LogP contribution in [0.2, 0.25) is 0 Å². The quantitative estimate of drug-likeness (QED) is 0.779.